The van der Waals surface area contributed by atoms with Crippen LogP contribution in [0.2, 0.25) is 0 Å². The zero-order valence-electron chi connectivity index (χ0n) is 13.4. The summed E-state index contributed by atoms with van der Waals surface area (Å²) in [7, 11) is 0. The highest BCUT2D eigenvalue weighted by atomic mass is 14.5. The van der Waals surface area contributed by atoms with E-state index >= 15 is 0 Å². The molecule has 0 N–H and O–H groups in total. The molecule has 1 atom stereocenters. The summed E-state index contributed by atoms with van der Waals surface area (Å²) < 4.78 is 0. The SMILES string of the molecule is C=CCC1=C(c2ccccc2)C(c2ccccc2)C(C#N)(C#N)C1. The molecule has 0 amide bonds. The van der Waals surface area contributed by atoms with Crippen molar-refractivity contribution < 1.29 is 0 Å². The minimum atomic E-state index is -1.06. The van der Waals surface area contributed by atoms with E-state index in [4.69, 9.17) is 0 Å². The molecule has 0 aromatic heterocycles. The highest BCUT2D eigenvalue weighted by molar-refractivity contribution is 5.80. The number of benzene rings is 2. The molecular formula is C22H18N2. The quantitative estimate of drug-likeness (QED) is 0.725. The van der Waals surface area contributed by atoms with Gasteiger partial charge in [-0.3, -0.25) is 0 Å². The molecular weight excluding hydrogens is 292 g/mol. The first-order chi connectivity index (χ1) is 11.8. The van der Waals surface area contributed by atoms with Crippen LogP contribution in [0.3, 0.4) is 0 Å². The van der Waals surface area contributed by atoms with Crippen LogP contribution in [0, 0.1) is 28.1 Å². The minimum Gasteiger partial charge on any atom is -0.197 e. The highest BCUT2D eigenvalue weighted by Crippen LogP contribution is 2.56. The van der Waals surface area contributed by atoms with Crippen molar-refractivity contribution in [2.45, 2.75) is 18.8 Å². The van der Waals surface area contributed by atoms with Gasteiger partial charge in [0.15, 0.2) is 5.41 Å². The van der Waals surface area contributed by atoms with Crippen LogP contribution in [0.5, 0.6) is 0 Å². The van der Waals surface area contributed by atoms with Crippen LogP contribution >= 0.6 is 0 Å². The Morgan fingerprint density at radius 1 is 1.00 bits per heavy atom. The highest BCUT2D eigenvalue weighted by Gasteiger charge is 2.49. The van der Waals surface area contributed by atoms with Crippen molar-refractivity contribution in [1.82, 2.24) is 0 Å². The molecule has 0 spiro atoms. The summed E-state index contributed by atoms with van der Waals surface area (Å²) in [6, 6.07) is 24.6. The second-order valence-electron chi connectivity index (χ2n) is 6.09. The lowest BCUT2D eigenvalue weighted by Gasteiger charge is -2.25. The van der Waals surface area contributed by atoms with Crippen molar-refractivity contribution in [2.24, 2.45) is 5.41 Å². The van der Waals surface area contributed by atoms with Crippen molar-refractivity contribution in [3.63, 3.8) is 0 Å². The smallest absolute Gasteiger partial charge is 0.158 e. The minimum absolute atomic E-state index is 0.244. The van der Waals surface area contributed by atoms with E-state index in [9.17, 15) is 10.5 Å². The molecule has 0 bridgehead atoms. The second kappa shape index (κ2) is 6.57. The molecule has 3 rings (SSSR count). The maximum Gasteiger partial charge on any atom is 0.158 e. The Morgan fingerprint density at radius 3 is 2.12 bits per heavy atom. The maximum atomic E-state index is 9.87. The van der Waals surface area contributed by atoms with Gasteiger partial charge in [0.2, 0.25) is 0 Å². The van der Waals surface area contributed by atoms with Gasteiger partial charge < -0.3 is 0 Å². The summed E-state index contributed by atoms with van der Waals surface area (Å²) in [5.74, 6) is -0.244. The number of hydrogen-bond donors (Lipinski definition) is 0. The number of allylic oxidation sites excluding steroid dienone is 3. The molecule has 2 nitrogen and oxygen atoms in total. The van der Waals surface area contributed by atoms with E-state index < -0.39 is 5.41 Å². The first-order valence-corrected chi connectivity index (χ1v) is 8.01. The van der Waals surface area contributed by atoms with Crippen molar-refractivity contribution in [2.75, 3.05) is 0 Å². The summed E-state index contributed by atoms with van der Waals surface area (Å²) in [5, 5.41) is 19.7. The van der Waals surface area contributed by atoms with Crippen molar-refractivity contribution in [3.8, 4) is 12.1 Å². The largest absolute Gasteiger partial charge is 0.197 e. The van der Waals surface area contributed by atoms with Gasteiger partial charge in [0.1, 0.15) is 0 Å². The molecule has 2 aromatic carbocycles. The molecule has 0 saturated heterocycles. The fourth-order valence-electron chi connectivity index (χ4n) is 3.66. The lowest BCUT2D eigenvalue weighted by molar-refractivity contribution is 0.501. The van der Waals surface area contributed by atoms with Crippen LogP contribution in [-0.2, 0) is 0 Å². The van der Waals surface area contributed by atoms with Gasteiger partial charge in [-0.2, -0.15) is 10.5 Å². The Hall–Kier alpha value is -3.10. The Kier molecular flexibility index (Phi) is 4.32. The number of nitriles is 2. The lowest BCUT2D eigenvalue weighted by atomic mass is 9.72. The molecule has 116 valence electrons. The van der Waals surface area contributed by atoms with Crippen LogP contribution in [0.4, 0.5) is 0 Å². The number of rotatable bonds is 4. The third-order valence-electron chi connectivity index (χ3n) is 4.66. The average Bonchev–Trinajstić information content (AvgIpc) is 2.98. The third kappa shape index (κ3) is 2.53. The van der Waals surface area contributed by atoms with E-state index in [2.05, 4.69) is 30.9 Å². The predicted molar refractivity (Wildman–Crippen MR) is 95.6 cm³/mol. The zero-order chi connectivity index (χ0) is 17.0. The molecule has 0 saturated carbocycles. The fraction of sp³-hybridized carbons (Fsp3) is 0.182. The molecule has 1 aliphatic rings. The molecule has 1 aliphatic carbocycles. The van der Waals surface area contributed by atoms with Crippen LogP contribution < -0.4 is 0 Å². The molecule has 0 fully saturated rings. The molecule has 2 aromatic rings. The van der Waals surface area contributed by atoms with Crippen LogP contribution in [-0.4, -0.2) is 0 Å². The zero-order valence-corrected chi connectivity index (χ0v) is 13.4. The van der Waals surface area contributed by atoms with Gasteiger partial charge >= 0.3 is 0 Å². The van der Waals surface area contributed by atoms with Crippen molar-refractivity contribution >= 4 is 5.57 Å². The third-order valence-corrected chi connectivity index (χ3v) is 4.66. The van der Waals surface area contributed by atoms with Gasteiger partial charge in [-0.05, 0) is 23.1 Å². The molecule has 2 heteroatoms. The summed E-state index contributed by atoms with van der Waals surface area (Å²) >= 11 is 0. The van der Waals surface area contributed by atoms with Crippen molar-refractivity contribution in [3.05, 3.63) is 90.0 Å². The normalized spacial score (nSPS) is 18.7. The topological polar surface area (TPSA) is 47.6 Å². The van der Waals surface area contributed by atoms with Gasteiger partial charge in [0.05, 0.1) is 12.1 Å². The predicted octanol–water partition coefficient (Wildman–Crippen LogP) is 5.24. The Bertz CT molecular complexity index is 834. The average molecular weight is 310 g/mol. The molecule has 0 radical (unpaired) electrons. The maximum absolute atomic E-state index is 9.87. The Balaban J connectivity index is 2.26. The van der Waals surface area contributed by atoms with Gasteiger partial charge in [0, 0.05) is 12.3 Å². The van der Waals surface area contributed by atoms with Gasteiger partial charge in [-0.25, -0.2) is 0 Å². The first-order valence-electron chi connectivity index (χ1n) is 8.01. The van der Waals surface area contributed by atoms with E-state index in [1.165, 1.54) is 0 Å². The van der Waals surface area contributed by atoms with Crippen LogP contribution in [0.25, 0.3) is 5.57 Å². The standard InChI is InChI=1S/C22H18N2/c1-2-9-19-14-22(15-23,16-24)21(18-12-7-4-8-13-18)20(19)17-10-5-3-6-11-17/h2-8,10-13,21H,1,9,14H2. The number of nitrogens with zero attached hydrogens (tertiary/aromatic N) is 2. The molecule has 24 heavy (non-hydrogen) atoms. The molecule has 0 heterocycles. The fourth-order valence-corrected chi connectivity index (χ4v) is 3.66. The van der Waals surface area contributed by atoms with Gasteiger partial charge in [0.25, 0.3) is 0 Å². The van der Waals surface area contributed by atoms with Gasteiger partial charge in [-0.1, -0.05) is 72.3 Å². The molecule has 1 unspecified atom stereocenters. The lowest BCUT2D eigenvalue weighted by Crippen LogP contribution is -2.22. The van der Waals surface area contributed by atoms with E-state index in [1.54, 1.807) is 0 Å². The summed E-state index contributed by atoms with van der Waals surface area (Å²) in [5.41, 5.74) is 3.26. The van der Waals surface area contributed by atoms with Gasteiger partial charge in [-0.15, -0.1) is 6.58 Å². The number of hydrogen-bond acceptors (Lipinski definition) is 2. The first kappa shape index (κ1) is 15.8. The van der Waals surface area contributed by atoms with E-state index in [0.29, 0.717) is 12.8 Å². The van der Waals surface area contributed by atoms with E-state index in [0.717, 1.165) is 22.3 Å². The van der Waals surface area contributed by atoms with Crippen molar-refractivity contribution in [1.29, 1.82) is 10.5 Å². The Morgan fingerprint density at radius 2 is 1.58 bits per heavy atom. The summed E-state index contributed by atoms with van der Waals surface area (Å²) in [4.78, 5) is 0. The summed E-state index contributed by atoms with van der Waals surface area (Å²) in [6.45, 7) is 3.85. The second-order valence-corrected chi connectivity index (χ2v) is 6.09. The Labute approximate surface area is 143 Å². The summed E-state index contributed by atoms with van der Waals surface area (Å²) in [6.07, 6.45) is 3.01. The molecule has 0 aliphatic heterocycles. The monoisotopic (exact) mass is 310 g/mol. The van der Waals surface area contributed by atoms with E-state index in [-0.39, 0.29) is 5.92 Å². The van der Waals surface area contributed by atoms with Crippen LogP contribution in [0.15, 0.2) is 78.9 Å². The van der Waals surface area contributed by atoms with Crippen LogP contribution in [0.1, 0.15) is 29.9 Å². The van der Waals surface area contributed by atoms with E-state index in [1.807, 2.05) is 54.6 Å².